The van der Waals surface area contributed by atoms with Crippen molar-refractivity contribution >= 4 is 27.0 Å². The lowest BCUT2D eigenvalue weighted by Crippen LogP contribution is -2.04. The maximum Gasteiger partial charge on any atom is 0.140 e. The van der Waals surface area contributed by atoms with E-state index in [1.807, 2.05) is 19.2 Å². The predicted octanol–water partition coefficient (Wildman–Crippen LogP) is 3.71. The van der Waals surface area contributed by atoms with Gasteiger partial charge in [-0.3, -0.25) is 0 Å². The highest BCUT2D eigenvalue weighted by atomic mass is 79.9. The molecule has 0 unspecified atom stereocenters. The second kappa shape index (κ2) is 5.95. The van der Waals surface area contributed by atoms with Crippen molar-refractivity contribution < 1.29 is 4.39 Å². The molecule has 0 aliphatic rings. The number of hydrogen-bond donors (Lipinski definition) is 1. The van der Waals surface area contributed by atoms with Gasteiger partial charge in [0.25, 0.3) is 0 Å². The zero-order valence-electron chi connectivity index (χ0n) is 11.6. The average molecular weight is 348 g/mol. The highest BCUT2D eigenvalue weighted by Crippen LogP contribution is 2.22. The normalized spacial score (nSPS) is 11.2. The summed E-state index contributed by atoms with van der Waals surface area (Å²) in [7, 11) is 1.93. The van der Waals surface area contributed by atoms with Crippen LogP contribution >= 0.6 is 15.9 Å². The highest BCUT2D eigenvalue weighted by Gasteiger charge is 2.09. The van der Waals surface area contributed by atoms with Crippen molar-refractivity contribution in [3.05, 3.63) is 64.1 Å². The Kier molecular flexibility index (Phi) is 4.03. The van der Waals surface area contributed by atoms with E-state index in [-0.39, 0.29) is 5.82 Å². The first kappa shape index (κ1) is 14.2. The summed E-state index contributed by atoms with van der Waals surface area (Å²) in [6.45, 7) is 1.46. The molecule has 2 heterocycles. The Morgan fingerprint density at radius 3 is 2.95 bits per heavy atom. The monoisotopic (exact) mass is 347 g/mol. The van der Waals surface area contributed by atoms with Crippen LogP contribution in [0.4, 0.5) is 4.39 Å². The zero-order valence-corrected chi connectivity index (χ0v) is 13.2. The van der Waals surface area contributed by atoms with Gasteiger partial charge in [0.15, 0.2) is 0 Å². The van der Waals surface area contributed by atoms with Gasteiger partial charge in [-0.25, -0.2) is 9.37 Å². The van der Waals surface area contributed by atoms with Crippen molar-refractivity contribution in [1.29, 1.82) is 0 Å². The summed E-state index contributed by atoms with van der Waals surface area (Å²) < 4.78 is 15.9. The van der Waals surface area contributed by atoms with Crippen LogP contribution in [0.5, 0.6) is 0 Å². The van der Waals surface area contributed by atoms with E-state index in [1.54, 1.807) is 12.3 Å². The average Bonchev–Trinajstić information content (AvgIpc) is 2.82. The quantitative estimate of drug-likeness (QED) is 0.779. The number of halogens is 2. The second-order valence-electron chi connectivity index (χ2n) is 4.94. The lowest BCUT2D eigenvalue weighted by molar-refractivity contribution is 0.619. The van der Waals surface area contributed by atoms with Crippen molar-refractivity contribution in [2.45, 2.75) is 13.1 Å². The van der Waals surface area contributed by atoms with Crippen molar-refractivity contribution in [1.82, 2.24) is 14.9 Å². The molecule has 0 fully saturated rings. The van der Waals surface area contributed by atoms with Gasteiger partial charge in [-0.15, -0.1) is 0 Å². The molecule has 0 aliphatic heterocycles. The van der Waals surface area contributed by atoms with Gasteiger partial charge < -0.3 is 9.88 Å². The van der Waals surface area contributed by atoms with E-state index in [0.29, 0.717) is 11.0 Å². The van der Waals surface area contributed by atoms with Gasteiger partial charge in [0, 0.05) is 30.9 Å². The molecule has 1 aromatic carbocycles. The predicted molar refractivity (Wildman–Crippen MR) is 85.7 cm³/mol. The summed E-state index contributed by atoms with van der Waals surface area (Å²) in [4.78, 5) is 4.47. The van der Waals surface area contributed by atoms with Crippen LogP contribution in [-0.4, -0.2) is 16.6 Å². The first-order chi connectivity index (χ1) is 10.2. The molecule has 2 aromatic heterocycles. The first-order valence-corrected chi connectivity index (χ1v) is 7.49. The van der Waals surface area contributed by atoms with Gasteiger partial charge in [0.2, 0.25) is 0 Å². The standard InChI is InChI=1S/C16H15BrFN3/c1-19-8-12-10-21(16-13(12)3-2-6-20-16)9-11-4-5-15(18)14(17)7-11/h2-7,10,19H,8-9H2,1H3. The number of benzene rings is 1. The minimum Gasteiger partial charge on any atom is -0.328 e. The summed E-state index contributed by atoms with van der Waals surface area (Å²) in [6, 6.07) is 9.11. The third-order valence-corrected chi connectivity index (χ3v) is 4.03. The van der Waals surface area contributed by atoms with Crippen molar-refractivity contribution in [3.63, 3.8) is 0 Å². The van der Waals surface area contributed by atoms with E-state index in [9.17, 15) is 4.39 Å². The number of pyridine rings is 1. The molecule has 0 atom stereocenters. The Labute approximate surface area is 130 Å². The third-order valence-electron chi connectivity index (χ3n) is 3.42. The van der Waals surface area contributed by atoms with E-state index < -0.39 is 0 Å². The fourth-order valence-corrected chi connectivity index (χ4v) is 2.91. The second-order valence-corrected chi connectivity index (χ2v) is 5.79. The van der Waals surface area contributed by atoms with Crippen molar-refractivity contribution in [2.75, 3.05) is 7.05 Å². The number of fused-ring (bicyclic) bond motifs is 1. The van der Waals surface area contributed by atoms with Gasteiger partial charge in [-0.1, -0.05) is 6.07 Å². The van der Waals surface area contributed by atoms with Gasteiger partial charge >= 0.3 is 0 Å². The first-order valence-electron chi connectivity index (χ1n) is 6.70. The Balaban J connectivity index is 2.01. The molecule has 108 valence electrons. The molecule has 1 N–H and O–H groups in total. The SMILES string of the molecule is CNCc1cn(Cc2ccc(F)c(Br)c2)c2ncccc12. The highest BCUT2D eigenvalue weighted by molar-refractivity contribution is 9.10. The van der Waals surface area contributed by atoms with Gasteiger partial charge in [0.1, 0.15) is 11.5 Å². The molecule has 0 saturated heterocycles. The number of hydrogen-bond acceptors (Lipinski definition) is 2. The Morgan fingerprint density at radius 1 is 1.33 bits per heavy atom. The van der Waals surface area contributed by atoms with Crippen LogP contribution in [0, 0.1) is 5.82 Å². The molecule has 0 aliphatic carbocycles. The fourth-order valence-electron chi connectivity index (χ4n) is 2.48. The van der Waals surface area contributed by atoms with E-state index in [2.05, 4.69) is 43.1 Å². The number of rotatable bonds is 4. The third kappa shape index (κ3) is 2.84. The Bertz CT molecular complexity index is 782. The fraction of sp³-hybridized carbons (Fsp3) is 0.188. The topological polar surface area (TPSA) is 29.9 Å². The molecular weight excluding hydrogens is 333 g/mol. The largest absolute Gasteiger partial charge is 0.328 e. The van der Waals surface area contributed by atoms with Gasteiger partial charge in [0.05, 0.1) is 4.47 Å². The summed E-state index contributed by atoms with van der Waals surface area (Å²) in [5, 5.41) is 4.32. The molecule has 3 rings (SSSR count). The molecule has 3 aromatic rings. The minimum atomic E-state index is -0.245. The van der Waals surface area contributed by atoms with Crippen LogP contribution in [0.1, 0.15) is 11.1 Å². The van der Waals surface area contributed by atoms with Crippen LogP contribution in [0.25, 0.3) is 11.0 Å². The van der Waals surface area contributed by atoms with Crippen LogP contribution in [0.3, 0.4) is 0 Å². The van der Waals surface area contributed by atoms with E-state index >= 15 is 0 Å². The summed E-state index contributed by atoms with van der Waals surface area (Å²) in [6.07, 6.45) is 3.90. The molecular formula is C16H15BrFN3. The lowest BCUT2D eigenvalue weighted by Gasteiger charge is -2.06. The summed E-state index contributed by atoms with van der Waals surface area (Å²) >= 11 is 3.23. The van der Waals surface area contributed by atoms with Crippen LogP contribution < -0.4 is 5.32 Å². The van der Waals surface area contributed by atoms with Crippen LogP contribution in [0.2, 0.25) is 0 Å². The molecule has 0 amide bonds. The van der Waals surface area contributed by atoms with Gasteiger partial charge in [-0.05, 0) is 58.4 Å². The van der Waals surface area contributed by atoms with Crippen LogP contribution in [0.15, 0.2) is 47.2 Å². The smallest absolute Gasteiger partial charge is 0.140 e. The van der Waals surface area contributed by atoms with Crippen molar-refractivity contribution in [2.24, 2.45) is 0 Å². The van der Waals surface area contributed by atoms with E-state index in [0.717, 1.165) is 23.1 Å². The van der Waals surface area contributed by atoms with E-state index in [4.69, 9.17) is 0 Å². The van der Waals surface area contributed by atoms with Crippen LogP contribution in [-0.2, 0) is 13.1 Å². The molecule has 0 radical (unpaired) electrons. The molecule has 0 bridgehead atoms. The summed E-state index contributed by atoms with van der Waals surface area (Å²) in [5.74, 6) is -0.245. The Morgan fingerprint density at radius 2 is 2.19 bits per heavy atom. The zero-order chi connectivity index (χ0) is 14.8. The maximum absolute atomic E-state index is 13.3. The van der Waals surface area contributed by atoms with E-state index in [1.165, 1.54) is 11.6 Å². The Hall–Kier alpha value is -1.72. The number of nitrogens with one attached hydrogen (secondary N) is 1. The molecule has 21 heavy (non-hydrogen) atoms. The number of aromatic nitrogens is 2. The number of nitrogens with zero attached hydrogens (tertiary/aromatic N) is 2. The van der Waals surface area contributed by atoms with Crippen molar-refractivity contribution in [3.8, 4) is 0 Å². The molecule has 5 heteroatoms. The molecule has 0 spiro atoms. The minimum absolute atomic E-state index is 0.245. The molecule has 0 saturated carbocycles. The lowest BCUT2D eigenvalue weighted by atomic mass is 10.2. The van der Waals surface area contributed by atoms with Gasteiger partial charge in [-0.2, -0.15) is 0 Å². The molecule has 3 nitrogen and oxygen atoms in total. The maximum atomic E-state index is 13.3. The summed E-state index contributed by atoms with van der Waals surface area (Å²) in [5.41, 5.74) is 3.19.